The van der Waals surface area contributed by atoms with Crippen molar-refractivity contribution in [2.45, 2.75) is 31.2 Å². The Bertz CT molecular complexity index is 503. The molecule has 0 aromatic heterocycles. The van der Waals surface area contributed by atoms with Gasteiger partial charge < -0.3 is 5.11 Å². The predicted molar refractivity (Wildman–Crippen MR) is 67.9 cm³/mol. The zero-order valence-electron chi connectivity index (χ0n) is 10.4. The Hall–Kier alpha value is -1.24. The SMILES string of the molecule is CC[C@@H](CO)NS(=O)(=O)c1ccc(C(C)=O)cc1. The van der Waals surface area contributed by atoms with Crippen LogP contribution in [-0.4, -0.2) is 32.0 Å². The van der Waals surface area contributed by atoms with Crippen LogP contribution in [0.4, 0.5) is 0 Å². The largest absolute Gasteiger partial charge is 0.395 e. The fraction of sp³-hybridized carbons (Fsp3) is 0.417. The number of nitrogens with one attached hydrogen (secondary N) is 1. The number of hydrogen-bond acceptors (Lipinski definition) is 4. The van der Waals surface area contributed by atoms with E-state index in [0.29, 0.717) is 12.0 Å². The van der Waals surface area contributed by atoms with Crippen molar-refractivity contribution >= 4 is 15.8 Å². The van der Waals surface area contributed by atoms with E-state index in [-0.39, 0.29) is 17.3 Å². The van der Waals surface area contributed by atoms with E-state index in [0.717, 1.165) is 0 Å². The molecule has 5 nitrogen and oxygen atoms in total. The summed E-state index contributed by atoms with van der Waals surface area (Å²) in [5.41, 5.74) is 0.461. The minimum Gasteiger partial charge on any atom is -0.395 e. The molecule has 0 saturated carbocycles. The molecule has 1 aromatic rings. The summed E-state index contributed by atoms with van der Waals surface area (Å²) in [6.45, 7) is 2.95. The molecule has 0 unspecified atom stereocenters. The van der Waals surface area contributed by atoms with Gasteiger partial charge in [-0.15, -0.1) is 0 Å². The quantitative estimate of drug-likeness (QED) is 0.754. The maximum Gasteiger partial charge on any atom is 0.240 e. The lowest BCUT2D eigenvalue weighted by Crippen LogP contribution is -2.36. The molecular weight excluding hydrogens is 254 g/mol. The van der Waals surface area contributed by atoms with Crippen molar-refractivity contribution in [1.29, 1.82) is 0 Å². The second kappa shape index (κ2) is 6.08. The number of benzene rings is 1. The number of hydrogen-bond donors (Lipinski definition) is 2. The molecule has 2 N–H and O–H groups in total. The van der Waals surface area contributed by atoms with Gasteiger partial charge in [0.15, 0.2) is 5.78 Å². The third-order valence-electron chi connectivity index (χ3n) is 2.61. The van der Waals surface area contributed by atoms with Crippen LogP contribution in [0.25, 0.3) is 0 Å². The number of sulfonamides is 1. The van der Waals surface area contributed by atoms with Crippen LogP contribution in [0.3, 0.4) is 0 Å². The molecule has 0 radical (unpaired) electrons. The average Bonchev–Trinajstić information content (AvgIpc) is 2.36. The highest BCUT2D eigenvalue weighted by atomic mass is 32.2. The van der Waals surface area contributed by atoms with E-state index in [1.54, 1.807) is 6.92 Å². The third kappa shape index (κ3) is 3.63. The van der Waals surface area contributed by atoms with E-state index < -0.39 is 16.1 Å². The number of carbonyl (C=O) groups excluding carboxylic acids is 1. The standard InChI is InChI=1S/C12H17NO4S/c1-3-11(8-14)13-18(16,17)12-6-4-10(5-7-12)9(2)15/h4-7,11,13-14H,3,8H2,1-2H3/t11-/m0/s1. The Labute approximate surface area is 107 Å². The fourth-order valence-electron chi connectivity index (χ4n) is 1.41. The first-order valence-electron chi connectivity index (χ1n) is 5.65. The van der Waals surface area contributed by atoms with Gasteiger partial charge in [-0.2, -0.15) is 0 Å². The predicted octanol–water partition coefficient (Wildman–Crippen LogP) is 0.938. The Morgan fingerprint density at radius 2 is 1.89 bits per heavy atom. The summed E-state index contributed by atoms with van der Waals surface area (Å²) >= 11 is 0. The lowest BCUT2D eigenvalue weighted by molar-refractivity contribution is 0.101. The number of carbonyl (C=O) groups is 1. The monoisotopic (exact) mass is 271 g/mol. The molecule has 1 atom stereocenters. The maximum atomic E-state index is 11.9. The van der Waals surface area contributed by atoms with Crippen LogP contribution in [0.1, 0.15) is 30.6 Å². The number of aliphatic hydroxyl groups is 1. The van der Waals surface area contributed by atoms with Gasteiger partial charge in [-0.3, -0.25) is 4.79 Å². The van der Waals surface area contributed by atoms with Crippen LogP contribution >= 0.6 is 0 Å². The topological polar surface area (TPSA) is 83.5 Å². The minimum absolute atomic E-state index is 0.0828. The summed E-state index contributed by atoms with van der Waals surface area (Å²) in [5, 5.41) is 8.98. The molecule has 0 spiro atoms. The zero-order chi connectivity index (χ0) is 13.8. The molecule has 0 aliphatic rings. The highest BCUT2D eigenvalue weighted by Crippen LogP contribution is 2.12. The van der Waals surface area contributed by atoms with E-state index in [2.05, 4.69) is 4.72 Å². The molecule has 0 fully saturated rings. The van der Waals surface area contributed by atoms with Crippen molar-refractivity contribution < 1.29 is 18.3 Å². The number of ketones is 1. The minimum atomic E-state index is -3.65. The molecule has 6 heteroatoms. The Morgan fingerprint density at radius 1 is 1.33 bits per heavy atom. The van der Waals surface area contributed by atoms with Crippen molar-refractivity contribution in [3.8, 4) is 0 Å². The number of aliphatic hydroxyl groups excluding tert-OH is 1. The fourth-order valence-corrected chi connectivity index (χ4v) is 2.72. The molecule has 1 rings (SSSR count). The van der Waals surface area contributed by atoms with Crippen LogP contribution in [0, 0.1) is 0 Å². The molecular formula is C12H17NO4S. The molecule has 1 aromatic carbocycles. The molecule has 0 aliphatic heterocycles. The summed E-state index contributed by atoms with van der Waals surface area (Å²) < 4.78 is 26.3. The van der Waals surface area contributed by atoms with E-state index in [4.69, 9.17) is 5.11 Å². The van der Waals surface area contributed by atoms with Gasteiger partial charge in [0.05, 0.1) is 11.5 Å². The number of rotatable bonds is 6. The molecule has 0 bridgehead atoms. The van der Waals surface area contributed by atoms with Gasteiger partial charge in [-0.05, 0) is 25.5 Å². The second-order valence-electron chi connectivity index (χ2n) is 3.99. The lowest BCUT2D eigenvalue weighted by Gasteiger charge is -2.14. The van der Waals surface area contributed by atoms with Gasteiger partial charge in [0.1, 0.15) is 0 Å². The van der Waals surface area contributed by atoms with Crippen molar-refractivity contribution in [1.82, 2.24) is 4.72 Å². The van der Waals surface area contributed by atoms with Crippen LogP contribution in [-0.2, 0) is 10.0 Å². The van der Waals surface area contributed by atoms with Crippen molar-refractivity contribution in [3.05, 3.63) is 29.8 Å². The summed E-state index contributed by atoms with van der Waals surface area (Å²) in [7, 11) is -3.65. The van der Waals surface area contributed by atoms with Crippen molar-refractivity contribution in [3.63, 3.8) is 0 Å². The molecule has 0 amide bonds. The Kier molecular flexibility index (Phi) is 5.01. The van der Waals surface area contributed by atoms with Gasteiger partial charge in [0.2, 0.25) is 10.0 Å². The molecule has 100 valence electrons. The Balaban J connectivity index is 2.95. The zero-order valence-corrected chi connectivity index (χ0v) is 11.2. The third-order valence-corrected chi connectivity index (χ3v) is 4.14. The van der Waals surface area contributed by atoms with E-state index >= 15 is 0 Å². The molecule has 0 aliphatic carbocycles. The lowest BCUT2D eigenvalue weighted by atomic mass is 10.2. The van der Waals surface area contributed by atoms with E-state index in [1.807, 2.05) is 0 Å². The molecule has 18 heavy (non-hydrogen) atoms. The van der Waals surface area contributed by atoms with E-state index in [9.17, 15) is 13.2 Å². The summed E-state index contributed by atoms with van der Waals surface area (Å²) in [6, 6.07) is 5.20. The van der Waals surface area contributed by atoms with Crippen molar-refractivity contribution in [2.75, 3.05) is 6.61 Å². The first-order valence-corrected chi connectivity index (χ1v) is 7.13. The van der Waals surface area contributed by atoms with Crippen LogP contribution in [0.2, 0.25) is 0 Å². The van der Waals surface area contributed by atoms with Gasteiger partial charge in [0, 0.05) is 11.6 Å². The van der Waals surface area contributed by atoms with E-state index in [1.165, 1.54) is 31.2 Å². The van der Waals surface area contributed by atoms with Gasteiger partial charge in [-0.25, -0.2) is 13.1 Å². The molecule has 0 heterocycles. The first kappa shape index (κ1) is 14.8. The number of Topliss-reactive ketones (excluding diaryl/α,β-unsaturated/α-hetero) is 1. The second-order valence-corrected chi connectivity index (χ2v) is 5.70. The molecule has 0 saturated heterocycles. The summed E-state index contributed by atoms with van der Waals surface area (Å²) in [6.07, 6.45) is 0.501. The highest BCUT2D eigenvalue weighted by molar-refractivity contribution is 7.89. The smallest absolute Gasteiger partial charge is 0.240 e. The first-order chi connectivity index (χ1) is 8.40. The Morgan fingerprint density at radius 3 is 2.28 bits per heavy atom. The van der Waals surface area contributed by atoms with Crippen LogP contribution < -0.4 is 4.72 Å². The average molecular weight is 271 g/mol. The maximum absolute atomic E-state index is 11.9. The normalized spacial score (nSPS) is 13.3. The summed E-state index contributed by atoms with van der Waals surface area (Å²) in [5.74, 6) is -0.117. The van der Waals surface area contributed by atoms with Gasteiger partial charge in [-0.1, -0.05) is 19.1 Å². The summed E-state index contributed by atoms with van der Waals surface area (Å²) in [4.78, 5) is 11.2. The van der Waals surface area contributed by atoms with Crippen molar-refractivity contribution in [2.24, 2.45) is 0 Å². The van der Waals surface area contributed by atoms with Gasteiger partial charge in [0.25, 0.3) is 0 Å². The van der Waals surface area contributed by atoms with Gasteiger partial charge >= 0.3 is 0 Å². The van der Waals surface area contributed by atoms with Crippen LogP contribution in [0.5, 0.6) is 0 Å². The highest BCUT2D eigenvalue weighted by Gasteiger charge is 2.18. The van der Waals surface area contributed by atoms with Crippen LogP contribution in [0.15, 0.2) is 29.2 Å².